The molecule has 0 heterocycles. The zero-order valence-electron chi connectivity index (χ0n) is 9.90. The predicted molar refractivity (Wildman–Crippen MR) is 64.4 cm³/mol. The van der Waals surface area contributed by atoms with Crippen molar-refractivity contribution in [2.75, 3.05) is 5.75 Å². The van der Waals surface area contributed by atoms with E-state index in [1.54, 1.807) is 0 Å². The van der Waals surface area contributed by atoms with Crippen molar-refractivity contribution >= 4 is 31.8 Å². The first-order chi connectivity index (χ1) is 7.68. The fourth-order valence-electron chi connectivity index (χ4n) is 3.49. The molecule has 0 aliphatic heterocycles. The SMILES string of the molecule is CC12CCC(C(Br)C1=O)C2(C)CS(=O)(=O)O[NH3+]. The summed E-state index contributed by atoms with van der Waals surface area (Å²) in [5, 5.41) is 0. The molecule has 4 atom stereocenters. The smallest absolute Gasteiger partial charge is 0.298 e. The van der Waals surface area contributed by atoms with Gasteiger partial charge in [0.15, 0.2) is 5.78 Å². The third-order valence-corrected chi connectivity index (χ3v) is 7.20. The van der Waals surface area contributed by atoms with Crippen molar-refractivity contribution in [1.82, 2.24) is 0 Å². The molecule has 7 heteroatoms. The molecule has 2 aliphatic carbocycles. The van der Waals surface area contributed by atoms with E-state index >= 15 is 0 Å². The number of hydrogen-bond acceptors (Lipinski definition) is 4. The van der Waals surface area contributed by atoms with Gasteiger partial charge in [0.1, 0.15) is 0 Å². The van der Waals surface area contributed by atoms with Crippen LogP contribution in [0.1, 0.15) is 26.7 Å². The van der Waals surface area contributed by atoms with E-state index in [1.165, 1.54) is 0 Å². The summed E-state index contributed by atoms with van der Waals surface area (Å²) in [6.07, 6.45) is 1.63. The summed E-state index contributed by atoms with van der Waals surface area (Å²) < 4.78 is 27.5. The first-order valence-corrected chi connectivity index (χ1v) is 8.02. The van der Waals surface area contributed by atoms with Crippen molar-refractivity contribution < 1.29 is 23.4 Å². The van der Waals surface area contributed by atoms with Crippen LogP contribution in [0.25, 0.3) is 0 Å². The van der Waals surface area contributed by atoms with Crippen LogP contribution in [0.15, 0.2) is 0 Å². The van der Waals surface area contributed by atoms with E-state index in [-0.39, 0.29) is 22.3 Å². The van der Waals surface area contributed by atoms with Crippen LogP contribution in [0.3, 0.4) is 0 Å². The highest BCUT2D eigenvalue weighted by Crippen LogP contribution is 2.65. The van der Waals surface area contributed by atoms with Gasteiger partial charge in [0.2, 0.25) is 0 Å². The minimum Gasteiger partial charge on any atom is -0.298 e. The van der Waals surface area contributed by atoms with Crippen molar-refractivity contribution in [1.29, 1.82) is 0 Å². The second-order valence-electron chi connectivity index (χ2n) is 5.48. The highest BCUT2D eigenvalue weighted by atomic mass is 79.9. The lowest BCUT2D eigenvalue weighted by Crippen LogP contribution is -2.53. The Kier molecular flexibility index (Phi) is 2.97. The number of rotatable bonds is 3. The van der Waals surface area contributed by atoms with Crippen LogP contribution in [-0.4, -0.2) is 24.8 Å². The predicted octanol–water partition coefficient (Wildman–Crippen LogP) is 0.258. The van der Waals surface area contributed by atoms with Crippen molar-refractivity contribution in [2.45, 2.75) is 31.5 Å². The van der Waals surface area contributed by atoms with Crippen LogP contribution in [0.5, 0.6) is 0 Å². The van der Waals surface area contributed by atoms with Gasteiger partial charge in [-0.2, -0.15) is 14.3 Å². The molecule has 2 aliphatic rings. The van der Waals surface area contributed by atoms with Crippen LogP contribution < -0.4 is 5.90 Å². The second-order valence-corrected chi connectivity index (χ2v) is 8.11. The molecule has 0 spiro atoms. The summed E-state index contributed by atoms with van der Waals surface area (Å²) >= 11 is 3.40. The fraction of sp³-hybridized carbons (Fsp3) is 0.900. The number of halogens is 1. The van der Waals surface area contributed by atoms with Gasteiger partial charge in [-0.25, -0.2) is 0 Å². The Bertz CT molecular complexity index is 465. The standard InChI is InChI=1S/C10H17BrNO4S/c1-9-4-3-6(7(11)8(9)13)10(9,2)5-17(14,15)16-12/h6-7H,3-5H2,1-2,12H3/q+1. The maximum Gasteiger partial charge on any atom is 0.314 e. The molecule has 2 bridgehead atoms. The lowest BCUT2D eigenvalue weighted by Gasteiger charge is -2.35. The molecular formula is C10H17BrNO4S+. The van der Waals surface area contributed by atoms with Gasteiger partial charge in [-0.15, -0.1) is 0 Å². The topological polar surface area (TPSA) is 88.1 Å². The zero-order chi connectivity index (χ0) is 13.1. The molecule has 4 unspecified atom stereocenters. The molecule has 3 N–H and O–H groups in total. The van der Waals surface area contributed by atoms with Crippen LogP contribution in [-0.2, 0) is 19.2 Å². The van der Waals surface area contributed by atoms with Crippen LogP contribution in [0.4, 0.5) is 0 Å². The first kappa shape index (κ1) is 13.5. The van der Waals surface area contributed by atoms with E-state index in [4.69, 9.17) is 0 Å². The molecule has 0 saturated heterocycles. The lowest BCUT2D eigenvalue weighted by atomic mass is 9.70. The molecule has 0 aromatic heterocycles. The summed E-state index contributed by atoms with van der Waals surface area (Å²) in [4.78, 5) is 11.9. The quantitative estimate of drug-likeness (QED) is 0.595. The fourth-order valence-corrected chi connectivity index (χ4v) is 6.20. The van der Waals surface area contributed by atoms with E-state index in [2.05, 4.69) is 26.1 Å². The van der Waals surface area contributed by atoms with Gasteiger partial charge in [-0.05, 0) is 18.8 Å². The molecule has 17 heavy (non-hydrogen) atoms. The van der Waals surface area contributed by atoms with Gasteiger partial charge in [0, 0.05) is 10.8 Å². The lowest BCUT2D eigenvalue weighted by molar-refractivity contribution is -0.635. The Morgan fingerprint density at radius 1 is 1.53 bits per heavy atom. The van der Waals surface area contributed by atoms with Crippen molar-refractivity contribution in [3.63, 3.8) is 0 Å². The number of alkyl halides is 1. The van der Waals surface area contributed by atoms with Crippen molar-refractivity contribution in [2.24, 2.45) is 16.7 Å². The number of quaternary nitrogens is 1. The average molecular weight is 327 g/mol. The molecule has 98 valence electrons. The Morgan fingerprint density at radius 3 is 2.53 bits per heavy atom. The Balaban J connectivity index is 2.42. The molecule has 0 aromatic rings. The number of carbonyl (C=O) groups is 1. The van der Waals surface area contributed by atoms with Gasteiger partial charge in [0.25, 0.3) is 0 Å². The minimum atomic E-state index is -3.66. The van der Waals surface area contributed by atoms with E-state index in [1.807, 2.05) is 13.8 Å². The minimum absolute atomic E-state index is 0.0601. The van der Waals surface area contributed by atoms with Crippen LogP contribution in [0, 0.1) is 16.7 Å². The van der Waals surface area contributed by atoms with Crippen LogP contribution >= 0.6 is 15.9 Å². The molecule has 0 radical (unpaired) electrons. The molecule has 5 nitrogen and oxygen atoms in total. The van der Waals surface area contributed by atoms with E-state index in [9.17, 15) is 13.2 Å². The van der Waals surface area contributed by atoms with Gasteiger partial charge in [-0.3, -0.25) is 4.79 Å². The largest absolute Gasteiger partial charge is 0.314 e. The highest BCUT2D eigenvalue weighted by Gasteiger charge is 2.68. The molecule has 2 rings (SSSR count). The molecule has 0 amide bonds. The summed E-state index contributed by atoms with van der Waals surface area (Å²) in [5.74, 6) is 3.02. The number of carbonyl (C=O) groups excluding carboxylic acids is 1. The van der Waals surface area contributed by atoms with Crippen LogP contribution in [0.2, 0.25) is 0 Å². The molecule has 0 aromatic carbocycles. The maximum atomic E-state index is 12.2. The Morgan fingerprint density at radius 2 is 2.12 bits per heavy atom. The number of fused-ring (bicyclic) bond motifs is 2. The number of hydrogen-bond donors (Lipinski definition) is 1. The summed E-state index contributed by atoms with van der Waals surface area (Å²) in [5.41, 5.74) is -1.13. The van der Waals surface area contributed by atoms with Gasteiger partial charge >= 0.3 is 10.1 Å². The normalized spacial score (nSPS) is 45.5. The van der Waals surface area contributed by atoms with E-state index in [0.717, 1.165) is 12.8 Å². The third-order valence-electron chi connectivity index (χ3n) is 4.84. The second kappa shape index (κ2) is 3.76. The van der Waals surface area contributed by atoms with Gasteiger partial charge in [-0.1, -0.05) is 34.1 Å². The highest BCUT2D eigenvalue weighted by molar-refractivity contribution is 9.10. The van der Waals surface area contributed by atoms with E-state index in [0.29, 0.717) is 0 Å². The maximum absolute atomic E-state index is 12.2. The van der Waals surface area contributed by atoms with Gasteiger partial charge in [0.05, 0.1) is 10.6 Å². The van der Waals surface area contributed by atoms with Gasteiger partial charge < -0.3 is 0 Å². The van der Waals surface area contributed by atoms with E-state index < -0.39 is 20.9 Å². The first-order valence-electron chi connectivity index (χ1n) is 5.53. The molecule has 2 fully saturated rings. The zero-order valence-corrected chi connectivity index (χ0v) is 12.3. The average Bonchev–Trinajstić information content (AvgIpc) is 2.55. The number of Topliss-reactive ketones (excluding diaryl/α,β-unsaturated/α-hetero) is 1. The van der Waals surface area contributed by atoms with Crippen molar-refractivity contribution in [3.05, 3.63) is 0 Å². The Hall–Kier alpha value is 0.0200. The molecule has 2 saturated carbocycles. The summed E-state index contributed by atoms with van der Waals surface area (Å²) in [6, 6.07) is 0. The summed E-state index contributed by atoms with van der Waals surface area (Å²) in [7, 11) is -3.66. The Labute approximate surface area is 109 Å². The number of ketones is 1. The third kappa shape index (κ3) is 1.63. The monoisotopic (exact) mass is 326 g/mol. The molecular weight excluding hydrogens is 310 g/mol. The van der Waals surface area contributed by atoms with Crippen molar-refractivity contribution in [3.8, 4) is 0 Å². The summed E-state index contributed by atoms with van der Waals surface area (Å²) in [6.45, 7) is 3.75.